The highest BCUT2D eigenvalue weighted by molar-refractivity contribution is 8.01. The first-order valence-corrected chi connectivity index (χ1v) is 9.42. The van der Waals surface area contributed by atoms with Gasteiger partial charge in [0, 0.05) is 5.38 Å². The Hall–Kier alpha value is -2.46. The smallest absolute Gasteiger partial charge is 0.325 e. The van der Waals surface area contributed by atoms with E-state index in [-0.39, 0.29) is 23.8 Å². The third-order valence-corrected chi connectivity index (χ3v) is 4.93. The molecule has 0 aliphatic rings. The van der Waals surface area contributed by atoms with Crippen LogP contribution in [0.3, 0.4) is 0 Å². The SMILES string of the molecule is CCOC(=O)Cc1csc(SCC(=O)NC(=O)Nc2ccccc2F)n1. The number of nitrogens with one attached hydrogen (secondary N) is 2. The molecule has 2 N–H and O–H groups in total. The van der Waals surface area contributed by atoms with Crippen molar-refractivity contribution >= 4 is 46.7 Å². The summed E-state index contributed by atoms with van der Waals surface area (Å²) in [6, 6.07) is 4.82. The molecule has 2 aromatic rings. The Kier molecular flexibility index (Phi) is 7.54. The van der Waals surface area contributed by atoms with Crippen molar-refractivity contribution in [1.82, 2.24) is 10.3 Å². The Balaban J connectivity index is 1.76. The minimum atomic E-state index is -0.817. The van der Waals surface area contributed by atoms with Crippen molar-refractivity contribution in [1.29, 1.82) is 0 Å². The van der Waals surface area contributed by atoms with Gasteiger partial charge in [0.2, 0.25) is 5.91 Å². The molecule has 0 unspecified atom stereocenters. The van der Waals surface area contributed by atoms with E-state index in [1.54, 1.807) is 18.4 Å². The van der Waals surface area contributed by atoms with Crippen LogP contribution in [0.15, 0.2) is 34.0 Å². The number of amides is 3. The number of rotatable bonds is 7. The average Bonchev–Trinajstić information content (AvgIpc) is 3.02. The first-order chi connectivity index (χ1) is 12.5. The molecule has 0 bridgehead atoms. The van der Waals surface area contributed by atoms with Gasteiger partial charge in [-0.1, -0.05) is 23.9 Å². The molecular weight excluding hydrogens is 381 g/mol. The molecule has 138 valence electrons. The summed E-state index contributed by atoms with van der Waals surface area (Å²) in [4.78, 5) is 39.1. The van der Waals surface area contributed by atoms with E-state index < -0.39 is 17.8 Å². The van der Waals surface area contributed by atoms with Crippen LogP contribution >= 0.6 is 23.1 Å². The number of esters is 1. The molecule has 7 nitrogen and oxygen atoms in total. The molecule has 0 saturated carbocycles. The molecule has 0 aliphatic carbocycles. The number of halogens is 1. The van der Waals surface area contributed by atoms with Crippen LogP contribution in [0, 0.1) is 5.82 Å². The molecule has 0 spiro atoms. The Morgan fingerprint density at radius 2 is 2.08 bits per heavy atom. The lowest BCUT2D eigenvalue weighted by atomic mass is 10.3. The summed E-state index contributed by atoms with van der Waals surface area (Å²) in [5, 5.41) is 6.08. The second-order valence-electron chi connectivity index (χ2n) is 4.86. The maximum Gasteiger partial charge on any atom is 0.325 e. The summed E-state index contributed by atoms with van der Waals surface area (Å²) in [5.41, 5.74) is 0.544. The van der Waals surface area contributed by atoms with E-state index in [4.69, 9.17) is 4.74 Å². The molecule has 1 aromatic heterocycles. The fourth-order valence-corrected chi connectivity index (χ4v) is 3.45. The molecule has 3 amide bonds. The summed E-state index contributed by atoms with van der Waals surface area (Å²) < 4.78 is 18.9. The fraction of sp³-hybridized carbons (Fsp3) is 0.250. The first kappa shape index (κ1) is 19.9. The maximum atomic E-state index is 13.4. The first-order valence-electron chi connectivity index (χ1n) is 7.56. The van der Waals surface area contributed by atoms with E-state index in [2.05, 4.69) is 15.6 Å². The average molecular weight is 397 g/mol. The van der Waals surface area contributed by atoms with E-state index >= 15 is 0 Å². The number of benzene rings is 1. The number of para-hydroxylation sites is 1. The van der Waals surface area contributed by atoms with Crippen molar-refractivity contribution < 1.29 is 23.5 Å². The Labute approximate surface area is 157 Å². The topological polar surface area (TPSA) is 97.4 Å². The number of aromatic nitrogens is 1. The zero-order valence-electron chi connectivity index (χ0n) is 13.8. The second-order valence-corrected chi connectivity index (χ2v) is 6.94. The number of thiazole rings is 1. The van der Waals surface area contributed by atoms with Crippen molar-refractivity contribution in [3.8, 4) is 0 Å². The number of carbonyl (C=O) groups excluding carboxylic acids is 3. The summed E-state index contributed by atoms with van der Waals surface area (Å²) in [6.07, 6.45) is 0.0716. The number of hydrogen-bond donors (Lipinski definition) is 2. The van der Waals surface area contributed by atoms with Gasteiger partial charge < -0.3 is 10.1 Å². The zero-order valence-corrected chi connectivity index (χ0v) is 15.4. The Morgan fingerprint density at radius 1 is 1.31 bits per heavy atom. The van der Waals surface area contributed by atoms with Gasteiger partial charge >= 0.3 is 12.0 Å². The number of ether oxygens (including phenoxy) is 1. The lowest BCUT2D eigenvalue weighted by Gasteiger charge is -2.06. The van der Waals surface area contributed by atoms with Crippen molar-refractivity contribution in [2.75, 3.05) is 17.7 Å². The largest absolute Gasteiger partial charge is 0.466 e. The third kappa shape index (κ3) is 6.45. The number of thioether (sulfide) groups is 1. The van der Waals surface area contributed by atoms with Gasteiger partial charge in [-0.15, -0.1) is 11.3 Å². The lowest BCUT2D eigenvalue weighted by molar-refractivity contribution is -0.142. The van der Waals surface area contributed by atoms with Crippen LogP contribution in [0.5, 0.6) is 0 Å². The summed E-state index contributed by atoms with van der Waals surface area (Å²) >= 11 is 2.42. The monoisotopic (exact) mass is 397 g/mol. The number of urea groups is 1. The maximum absolute atomic E-state index is 13.4. The number of carbonyl (C=O) groups is 3. The fourth-order valence-electron chi connectivity index (χ4n) is 1.80. The Morgan fingerprint density at radius 3 is 2.81 bits per heavy atom. The van der Waals surface area contributed by atoms with Gasteiger partial charge in [-0.05, 0) is 19.1 Å². The van der Waals surface area contributed by atoms with Gasteiger partial charge in [-0.2, -0.15) is 0 Å². The van der Waals surface area contributed by atoms with Gasteiger partial charge in [0.1, 0.15) is 5.82 Å². The number of nitrogens with zero attached hydrogens (tertiary/aromatic N) is 1. The normalized spacial score (nSPS) is 10.2. The molecule has 1 heterocycles. The van der Waals surface area contributed by atoms with Gasteiger partial charge in [0.05, 0.1) is 30.2 Å². The van der Waals surface area contributed by atoms with Gasteiger partial charge in [-0.25, -0.2) is 14.2 Å². The van der Waals surface area contributed by atoms with Gasteiger partial charge in [-0.3, -0.25) is 14.9 Å². The standard InChI is InChI=1S/C16H16FN3O4S2/c1-2-24-14(22)7-10-8-25-16(18-10)26-9-13(21)20-15(23)19-12-6-4-3-5-11(12)17/h3-6,8H,2,7,9H2,1H3,(H2,19,20,21,23). The van der Waals surface area contributed by atoms with Crippen LogP contribution in [0.2, 0.25) is 0 Å². The van der Waals surface area contributed by atoms with E-state index in [0.29, 0.717) is 16.6 Å². The predicted octanol–water partition coefficient (Wildman–Crippen LogP) is 2.83. The van der Waals surface area contributed by atoms with Crippen molar-refractivity contribution in [3.05, 3.63) is 41.2 Å². The summed E-state index contributed by atoms with van der Waals surface area (Å²) in [7, 11) is 0. The lowest BCUT2D eigenvalue weighted by Crippen LogP contribution is -2.35. The highest BCUT2D eigenvalue weighted by Crippen LogP contribution is 2.22. The highest BCUT2D eigenvalue weighted by atomic mass is 32.2. The minimum Gasteiger partial charge on any atom is -0.466 e. The molecule has 0 saturated heterocycles. The van der Waals surface area contributed by atoms with E-state index in [1.165, 1.54) is 29.5 Å². The molecule has 2 rings (SSSR count). The van der Waals surface area contributed by atoms with Crippen LogP contribution < -0.4 is 10.6 Å². The van der Waals surface area contributed by atoms with E-state index in [0.717, 1.165) is 11.8 Å². The molecule has 0 aliphatic heterocycles. The van der Waals surface area contributed by atoms with Gasteiger partial charge in [0.15, 0.2) is 4.34 Å². The van der Waals surface area contributed by atoms with Crippen molar-refractivity contribution in [3.63, 3.8) is 0 Å². The van der Waals surface area contributed by atoms with Crippen molar-refractivity contribution in [2.45, 2.75) is 17.7 Å². The molecule has 1 aromatic carbocycles. The molecular formula is C16H16FN3O4S2. The summed E-state index contributed by atoms with van der Waals surface area (Å²) in [5.74, 6) is -1.55. The van der Waals surface area contributed by atoms with E-state index in [1.807, 2.05) is 0 Å². The molecule has 26 heavy (non-hydrogen) atoms. The van der Waals surface area contributed by atoms with E-state index in [9.17, 15) is 18.8 Å². The molecule has 0 fully saturated rings. The van der Waals surface area contributed by atoms with Crippen LogP contribution in [0.4, 0.5) is 14.9 Å². The predicted molar refractivity (Wildman–Crippen MR) is 96.7 cm³/mol. The molecule has 0 radical (unpaired) electrons. The van der Waals surface area contributed by atoms with Crippen LogP contribution in [-0.2, 0) is 20.7 Å². The minimum absolute atomic E-state index is 0.0195. The van der Waals surface area contributed by atoms with Crippen LogP contribution in [-0.4, -0.2) is 35.3 Å². The quantitative estimate of drug-likeness (QED) is 0.551. The van der Waals surface area contributed by atoms with Crippen molar-refractivity contribution in [2.24, 2.45) is 0 Å². The van der Waals surface area contributed by atoms with Crippen LogP contribution in [0.1, 0.15) is 12.6 Å². The van der Waals surface area contributed by atoms with Gasteiger partial charge in [0.25, 0.3) is 0 Å². The number of anilines is 1. The number of hydrogen-bond acceptors (Lipinski definition) is 7. The zero-order chi connectivity index (χ0) is 18.9. The second kappa shape index (κ2) is 9.88. The number of imide groups is 1. The molecule has 10 heteroatoms. The Bertz CT molecular complexity index is 797. The highest BCUT2D eigenvalue weighted by Gasteiger charge is 2.13. The van der Waals surface area contributed by atoms with Crippen LogP contribution in [0.25, 0.3) is 0 Å². The summed E-state index contributed by atoms with van der Waals surface area (Å²) in [6.45, 7) is 2.03. The third-order valence-electron chi connectivity index (χ3n) is 2.86. The molecule has 0 atom stereocenters.